The number of halogens is 1. The lowest BCUT2D eigenvalue weighted by Crippen LogP contribution is -2.30. The van der Waals surface area contributed by atoms with Gasteiger partial charge in [-0.2, -0.15) is 0 Å². The molecule has 0 spiro atoms. The van der Waals surface area contributed by atoms with Crippen LogP contribution in [0.2, 0.25) is 5.02 Å². The number of sulfonamides is 1. The highest BCUT2D eigenvalue weighted by Gasteiger charge is 2.20. The fourth-order valence-electron chi connectivity index (χ4n) is 2.14. The number of hydrogen-bond acceptors (Lipinski definition) is 3. The van der Waals surface area contributed by atoms with Gasteiger partial charge < -0.3 is 5.32 Å². The van der Waals surface area contributed by atoms with E-state index >= 15 is 0 Å². The largest absolute Gasteiger partial charge is 0.326 e. The van der Waals surface area contributed by atoms with Crippen molar-refractivity contribution in [1.29, 1.82) is 0 Å². The molecular weight excluding hydrogens is 348 g/mol. The molecule has 2 aromatic carbocycles. The summed E-state index contributed by atoms with van der Waals surface area (Å²) in [6, 6.07) is 13.8. The molecule has 0 heterocycles. The third kappa shape index (κ3) is 4.72. The van der Waals surface area contributed by atoms with E-state index in [4.69, 9.17) is 11.6 Å². The Morgan fingerprint density at radius 1 is 1.17 bits per heavy atom. The fraction of sp³-hybridized carbons (Fsp3) is 0.235. The third-order valence-corrected chi connectivity index (χ3v) is 5.59. The number of rotatable bonds is 6. The standard InChI is InChI=1S/C17H19ClN2O3S/c1-13-12-14(18)8-9-16(13)19-17(21)10-11-24(22,23)20(2)15-6-4-3-5-7-15/h3-9,12H,10-11H2,1-2H3,(H,19,21). The Morgan fingerprint density at radius 3 is 2.46 bits per heavy atom. The van der Waals surface area contributed by atoms with Crippen molar-refractivity contribution in [2.24, 2.45) is 0 Å². The maximum absolute atomic E-state index is 12.3. The van der Waals surface area contributed by atoms with Gasteiger partial charge in [-0.15, -0.1) is 0 Å². The molecule has 1 amide bonds. The quantitative estimate of drug-likeness (QED) is 0.851. The molecule has 0 aromatic heterocycles. The predicted molar refractivity (Wildman–Crippen MR) is 98.1 cm³/mol. The lowest BCUT2D eigenvalue weighted by molar-refractivity contribution is -0.115. The van der Waals surface area contributed by atoms with E-state index in [0.29, 0.717) is 16.4 Å². The highest BCUT2D eigenvalue weighted by Crippen LogP contribution is 2.20. The van der Waals surface area contributed by atoms with Gasteiger partial charge in [0.25, 0.3) is 0 Å². The van der Waals surface area contributed by atoms with E-state index < -0.39 is 10.0 Å². The van der Waals surface area contributed by atoms with Crippen LogP contribution in [0.1, 0.15) is 12.0 Å². The molecule has 0 saturated carbocycles. The number of hydrogen-bond donors (Lipinski definition) is 1. The van der Waals surface area contributed by atoms with Crippen LogP contribution in [0.5, 0.6) is 0 Å². The number of nitrogens with one attached hydrogen (secondary N) is 1. The van der Waals surface area contributed by atoms with Crippen molar-refractivity contribution in [3.63, 3.8) is 0 Å². The van der Waals surface area contributed by atoms with Crippen LogP contribution in [0.4, 0.5) is 11.4 Å². The molecule has 1 N–H and O–H groups in total. The molecule has 0 saturated heterocycles. The summed E-state index contributed by atoms with van der Waals surface area (Å²) in [5, 5.41) is 3.29. The number of carbonyl (C=O) groups excluding carboxylic acids is 1. The second kappa shape index (κ2) is 7.68. The zero-order valence-electron chi connectivity index (χ0n) is 13.5. The van der Waals surface area contributed by atoms with Crippen LogP contribution < -0.4 is 9.62 Å². The molecule has 0 aliphatic heterocycles. The monoisotopic (exact) mass is 366 g/mol. The fourth-order valence-corrected chi connectivity index (χ4v) is 3.52. The minimum atomic E-state index is -3.57. The second-order valence-electron chi connectivity index (χ2n) is 5.38. The van der Waals surface area contributed by atoms with Gasteiger partial charge in [0, 0.05) is 24.2 Å². The maximum atomic E-state index is 12.3. The van der Waals surface area contributed by atoms with Crippen LogP contribution in [0.3, 0.4) is 0 Å². The number of aryl methyl sites for hydroxylation is 1. The molecule has 0 bridgehead atoms. The summed E-state index contributed by atoms with van der Waals surface area (Å²) < 4.78 is 25.8. The average Bonchev–Trinajstić information content (AvgIpc) is 2.56. The highest BCUT2D eigenvalue weighted by atomic mass is 35.5. The maximum Gasteiger partial charge on any atom is 0.235 e. The first-order valence-electron chi connectivity index (χ1n) is 7.37. The van der Waals surface area contributed by atoms with Crippen LogP contribution in [0.15, 0.2) is 48.5 Å². The Kier molecular flexibility index (Phi) is 5.85. The van der Waals surface area contributed by atoms with Crippen molar-refractivity contribution in [3.05, 3.63) is 59.1 Å². The van der Waals surface area contributed by atoms with E-state index in [1.54, 1.807) is 42.5 Å². The Labute approximate surface area is 147 Å². The van der Waals surface area contributed by atoms with E-state index in [0.717, 1.165) is 5.56 Å². The number of para-hydroxylation sites is 1. The summed E-state index contributed by atoms with van der Waals surface area (Å²) in [6.07, 6.45) is -0.123. The number of anilines is 2. The minimum absolute atomic E-state index is 0.123. The first-order chi connectivity index (χ1) is 11.3. The molecule has 0 unspecified atom stereocenters. The molecule has 0 radical (unpaired) electrons. The van der Waals surface area contributed by atoms with Crippen LogP contribution in [0.25, 0.3) is 0 Å². The van der Waals surface area contributed by atoms with Crippen LogP contribution >= 0.6 is 11.6 Å². The third-order valence-electron chi connectivity index (χ3n) is 3.59. The molecule has 0 aliphatic rings. The van der Waals surface area contributed by atoms with Gasteiger partial charge in [-0.3, -0.25) is 9.10 Å². The molecule has 5 nitrogen and oxygen atoms in total. The first-order valence-corrected chi connectivity index (χ1v) is 9.36. The van der Waals surface area contributed by atoms with Gasteiger partial charge in [-0.25, -0.2) is 8.42 Å². The topological polar surface area (TPSA) is 66.5 Å². The van der Waals surface area contributed by atoms with E-state index in [9.17, 15) is 13.2 Å². The normalized spacial score (nSPS) is 11.1. The van der Waals surface area contributed by atoms with E-state index in [1.165, 1.54) is 11.4 Å². The van der Waals surface area contributed by atoms with Crippen LogP contribution in [-0.4, -0.2) is 27.1 Å². The molecule has 2 aromatic rings. The molecule has 2 rings (SSSR count). The van der Waals surface area contributed by atoms with Crippen molar-refractivity contribution in [2.45, 2.75) is 13.3 Å². The van der Waals surface area contributed by atoms with Gasteiger partial charge in [0.1, 0.15) is 0 Å². The summed E-state index contributed by atoms with van der Waals surface area (Å²) in [6.45, 7) is 1.82. The SMILES string of the molecule is Cc1cc(Cl)ccc1NC(=O)CCS(=O)(=O)N(C)c1ccccc1. The van der Waals surface area contributed by atoms with Crippen molar-refractivity contribution >= 4 is 38.9 Å². The van der Waals surface area contributed by atoms with E-state index in [-0.39, 0.29) is 18.1 Å². The van der Waals surface area contributed by atoms with Crippen LogP contribution in [0, 0.1) is 6.92 Å². The average molecular weight is 367 g/mol. The lowest BCUT2D eigenvalue weighted by atomic mass is 10.2. The lowest BCUT2D eigenvalue weighted by Gasteiger charge is -2.19. The van der Waals surface area contributed by atoms with Crippen LogP contribution in [-0.2, 0) is 14.8 Å². The van der Waals surface area contributed by atoms with Gasteiger partial charge in [-0.05, 0) is 42.8 Å². The summed E-state index contributed by atoms with van der Waals surface area (Å²) in [5.41, 5.74) is 2.00. The predicted octanol–water partition coefficient (Wildman–Crippen LogP) is 3.44. The Hall–Kier alpha value is -2.05. The first kappa shape index (κ1) is 18.3. The number of carbonyl (C=O) groups is 1. The Bertz CT molecular complexity index is 823. The Balaban J connectivity index is 1.97. The minimum Gasteiger partial charge on any atom is -0.326 e. The molecule has 7 heteroatoms. The Morgan fingerprint density at radius 2 is 1.83 bits per heavy atom. The van der Waals surface area contributed by atoms with Crippen molar-refractivity contribution in [1.82, 2.24) is 0 Å². The molecule has 24 heavy (non-hydrogen) atoms. The molecule has 0 aliphatic carbocycles. The molecular formula is C17H19ClN2O3S. The smallest absolute Gasteiger partial charge is 0.235 e. The van der Waals surface area contributed by atoms with Gasteiger partial charge in [0.05, 0.1) is 11.4 Å². The van der Waals surface area contributed by atoms with Gasteiger partial charge >= 0.3 is 0 Å². The van der Waals surface area contributed by atoms with Gasteiger partial charge in [-0.1, -0.05) is 29.8 Å². The second-order valence-corrected chi connectivity index (χ2v) is 7.93. The van der Waals surface area contributed by atoms with Gasteiger partial charge in [0.15, 0.2) is 0 Å². The molecule has 128 valence electrons. The summed E-state index contributed by atoms with van der Waals surface area (Å²) >= 11 is 5.87. The van der Waals surface area contributed by atoms with E-state index in [1.807, 2.05) is 13.0 Å². The van der Waals surface area contributed by atoms with Crippen molar-refractivity contribution in [3.8, 4) is 0 Å². The van der Waals surface area contributed by atoms with Gasteiger partial charge in [0.2, 0.25) is 15.9 Å². The summed E-state index contributed by atoms with van der Waals surface area (Å²) in [5.74, 6) is -0.623. The van der Waals surface area contributed by atoms with Crippen molar-refractivity contribution in [2.75, 3.05) is 22.4 Å². The molecule has 0 atom stereocenters. The number of amides is 1. The highest BCUT2D eigenvalue weighted by molar-refractivity contribution is 7.92. The number of benzene rings is 2. The zero-order valence-corrected chi connectivity index (χ0v) is 15.1. The molecule has 0 fully saturated rings. The van der Waals surface area contributed by atoms with Crippen molar-refractivity contribution < 1.29 is 13.2 Å². The van der Waals surface area contributed by atoms with E-state index in [2.05, 4.69) is 5.32 Å². The zero-order chi connectivity index (χ0) is 17.7. The summed E-state index contributed by atoms with van der Waals surface area (Å²) in [4.78, 5) is 12.0. The number of nitrogens with zero attached hydrogens (tertiary/aromatic N) is 1. The summed E-state index contributed by atoms with van der Waals surface area (Å²) in [7, 11) is -2.09.